The van der Waals surface area contributed by atoms with Crippen LogP contribution in [0.15, 0.2) is 41.2 Å². The van der Waals surface area contributed by atoms with Crippen LogP contribution in [-0.4, -0.2) is 97.7 Å². The molecule has 0 bridgehead atoms. The van der Waals surface area contributed by atoms with E-state index < -0.39 is 58.0 Å². The number of carbonyl (C=O) groups excluding carboxylic acids is 3. The van der Waals surface area contributed by atoms with E-state index in [-0.39, 0.29) is 35.8 Å². The van der Waals surface area contributed by atoms with E-state index >= 15 is 0 Å². The minimum atomic E-state index is -2.66. The molecule has 11 heteroatoms. The van der Waals surface area contributed by atoms with E-state index in [4.69, 9.17) is 5.73 Å². The molecule has 0 radical (unpaired) electrons. The van der Waals surface area contributed by atoms with Gasteiger partial charge in [-0.3, -0.25) is 24.2 Å². The third-order valence-corrected chi connectivity index (χ3v) is 9.24. The van der Waals surface area contributed by atoms with Crippen molar-refractivity contribution in [3.63, 3.8) is 0 Å². The number of aromatic hydroxyl groups is 1. The van der Waals surface area contributed by atoms with Gasteiger partial charge in [-0.2, -0.15) is 0 Å². The van der Waals surface area contributed by atoms with Crippen molar-refractivity contribution < 1.29 is 39.9 Å². The van der Waals surface area contributed by atoms with Gasteiger partial charge in [0, 0.05) is 36.5 Å². The van der Waals surface area contributed by atoms with Gasteiger partial charge in [0.05, 0.1) is 17.7 Å². The van der Waals surface area contributed by atoms with Crippen molar-refractivity contribution in [2.45, 2.75) is 43.6 Å². The number of ketones is 2. The summed E-state index contributed by atoms with van der Waals surface area (Å²) in [7, 11) is 3.13. The van der Waals surface area contributed by atoms with Crippen LogP contribution in [0.5, 0.6) is 5.75 Å². The lowest BCUT2D eigenvalue weighted by Gasteiger charge is -2.50. The van der Waals surface area contributed by atoms with Gasteiger partial charge in [-0.1, -0.05) is 18.2 Å². The summed E-state index contributed by atoms with van der Waals surface area (Å²) < 4.78 is 0. The van der Waals surface area contributed by atoms with Gasteiger partial charge in [0.2, 0.25) is 5.78 Å². The number of β-amino-alcohol motifs (C(OH)–C–C–N with tert-alkyl or cyclic N) is 1. The van der Waals surface area contributed by atoms with Crippen LogP contribution >= 0.6 is 0 Å². The van der Waals surface area contributed by atoms with Crippen LogP contribution in [0, 0.1) is 11.8 Å². The number of fused-ring (bicyclic) bond motifs is 4. The third kappa shape index (κ3) is 3.91. The number of phenols is 1. The summed E-state index contributed by atoms with van der Waals surface area (Å²) in [5.74, 6) is -6.62. The van der Waals surface area contributed by atoms with E-state index in [0.717, 1.165) is 17.5 Å². The Morgan fingerprint density at radius 1 is 1.17 bits per heavy atom. The number of carbonyl (C=O) groups is 3. The van der Waals surface area contributed by atoms with E-state index in [0.29, 0.717) is 30.5 Å². The predicted molar refractivity (Wildman–Crippen MR) is 148 cm³/mol. The molecule has 0 spiro atoms. The van der Waals surface area contributed by atoms with Gasteiger partial charge in [0.15, 0.2) is 11.4 Å². The van der Waals surface area contributed by atoms with Crippen molar-refractivity contribution in [2.24, 2.45) is 17.6 Å². The van der Waals surface area contributed by atoms with E-state index in [2.05, 4.69) is 4.90 Å². The molecule has 2 aromatic carbocycles. The fourth-order valence-corrected chi connectivity index (χ4v) is 7.37. The number of Topliss-reactive ketones (excluding diaryl/α,β-unsaturated/α-hetero) is 2. The average Bonchev–Trinajstić information content (AvgIpc) is 3.30. The van der Waals surface area contributed by atoms with E-state index in [1.165, 1.54) is 4.90 Å². The number of likely N-dealkylation sites (tertiary alicyclic amines) is 1. The number of amides is 1. The maximum atomic E-state index is 14.0. The van der Waals surface area contributed by atoms with Crippen molar-refractivity contribution in [3.05, 3.63) is 57.9 Å². The minimum absolute atomic E-state index is 0.0468. The number of aliphatic hydroxyl groups excluding tert-OH is 3. The number of benzene rings is 2. The molecule has 1 saturated heterocycles. The molecule has 1 aliphatic heterocycles. The molecule has 4 aliphatic rings. The van der Waals surface area contributed by atoms with Crippen molar-refractivity contribution in [1.82, 2.24) is 9.80 Å². The second-order valence-electron chi connectivity index (χ2n) is 12.0. The zero-order valence-electron chi connectivity index (χ0n) is 22.8. The van der Waals surface area contributed by atoms with Crippen LogP contribution in [0.3, 0.4) is 0 Å². The summed E-state index contributed by atoms with van der Waals surface area (Å²) in [4.78, 5) is 42.9. The third-order valence-electron chi connectivity index (χ3n) is 9.24. The highest BCUT2D eigenvalue weighted by Gasteiger charge is 2.64. The monoisotopic (exact) mass is 563 g/mol. The predicted octanol–water partition coefficient (Wildman–Crippen LogP) is 0.684. The second kappa shape index (κ2) is 9.38. The van der Waals surface area contributed by atoms with Gasteiger partial charge < -0.3 is 31.3 Å². The summed E-state index contributed by atoms with van der Waals surface area (Å²) in [6.45, 7) is 1.90. The molecular formula is C30H33N3O8. The number of phenolic OH excluding ortho intramolecular Hbond substituents is 1. The van der Waals surface area contributed by atoms with Crippen LogP contribution in [0.25, 0.3) is 16.5 Å². The molecule has 5 atom stereocenters. The molecule has 0 aromatic heterocycles. The highest BCUT2D eigenvalue weighted by Crippen LogP contribution is 2.53. The van der Waals surface area contributed by atoms with Crippen molar-refractivity contribution in [3.8, 4) is 5.75 Å². The molecular weight excluding hydrogens is 530 g/mol. The lowest BCUT2D eigenvalue weighted by Crippen LogP contribution is -2.65. The van der Waals surface area contributed by atoms with Crippen LogP contribution in [-0.2, 0) is 27.3 Å². The molecule has 7 N–H and O–H groups in total. The van der Waals surface area contributed by atoms with E-state index in [1.807, 2.05) is 24.3 Å². The Bertz CT molecular complexity index is 1590. The summed E-state index contributed by atoms with van der Waals surface area (Å²) in [5.41, 5.74) is 3.29. The Balaban J connectivity index is 1.47. The van der Waals surface area contributed by atoms with Crippen LogP contribution < -0.4 is 5.73 Å². The standard InChI is InChI=1S/C30H33N3O8/c1-32(2)23-19-10-16-9-15-8-14-4-3-13(11-33-6-5-17(34)12-33)7-18(14)24(35)20(15)25(36)21(16)27(38)30(19,41)28(39)22(26(23)37)29(31)40/h3-4,7-8,16-17,19,23,34-36,39,41H,5-6,9-12H2,1-2H3,(H2,31,40). The number of aliphatic hydroxyl groups is 4. The maximum Gasteiger partial charge on any atom is 0.255 e. The smallest absolute Gasteiger partial charge is 0.255 e. The number of likely N-dealkylation sites (N-methyl/N-ethyl adjacent to an activating group) is 1. The van der Waals surface area contributed by atoms with Crippen LogP contribution in [0.1, 0.15) is 29.5 Å². The lowest BCUT2D eigenvalue weighted by atomic mass is 9.57. The van der Waals surface area contributed by atoms with Gasteiger partial charge in [0.25, 0.3) is 5.91 Å². The van der Waals surface area contributed by atoms with Gasteiger partial charge in [0.1, 0.15) is 22.8 Å². The Labute approximate surface area is 235 Å². The fraction of sp³-hybridized carbons (Fsp3) is 0.433. The molecule has 1 heterocycles. The Morgan fingerprint density at radius 3 is 2.54 bits per heavy atom. The van der Waals surface area contributed by atoms with Crippen LogP contribution in [0.4, 0.5) is 0 Å². The first-order valence-electron chi connectivity index (χ1n) is 13.7. The van der Waals surface area contributed by atoms with Crippen molar-refractivity contribution in [2.75, 3.05) is 27.2 Å². The SMILES string of the molecule is CN(C)C1C(=O)C(C(N)=O)=C(O)C2(O)C(=O)C3=C(O)c4c(cc5ccc(CN6CCC(O)C6)cc5c4O)CC3CC12. The van der Waals surface area contributed by atoms with E-state index in [1.54, 1.807) is 14.1 Å². The molecule has 5 unspecified atom stereocenters. The second-order valence-corrected chi connectivity index (χ2v) is 12.0. The summed E-state index contributed by atoms with van der Waals surface area (Å²) >= 11 is 0. The number of primary amides is 1. The van der Waals surface area contributed by atoms with Crippen molar-refractivity contribution in [1.29, 1.82) is 0 Å². The molecule has 41 heavy (non-hydrogen) atoms. The number of nitrogens with zero attached hydrogens (tertiary/aromatic N) is 2. The molecule has 2 fully saturated rings. The van der Waals surface area contributed by atoms with Crippen LogP contribution in [0.2, 0.25) is 0 Å². The number of hydrogen-bond acceptors (Lipinski definition) is 10. The molecule has 11 nitrogen and oxygen atoms in total. The Morgan fingerprint density at radius 2 is 1.90 bits per heavy atom. The molecule has 2 aromatic rings. The summed E-state index contributed by atoms with van der Waals surface area (Å²) in [6, 6.07) is 6.38. The highest BCUT2D eigenvalue weighted by atomic mass is 16.3. The summed E-state index contributed by atoms with van der Waals surface area (Å²) in [5, 5.41) is 56.6. The zero-order chi connectivity index (χ0) is 29.5. The number of rotatable bonds is 4. The lowest BCUT2D eigenvalue weighted by molar-refractivity contribution is -0.153. The quantitative estimate of drug-likeness (QED) is 0.289. The summed E-state index contributed by atoms with van der Waals surface area (Å²) in [6.07, 6.45) is 0.626. The zero-order valence-corrected chi connectivity index (χ0v) is 22.8. The van der Waals surface area contributed by atoms with E-state index in [9.17, 15) is 39.9 Å². The van der Waals surface area contributed by atoms with Gasteiger partial charge in [-0.05, 0) is 61.9 Å². The molecule has 6 rings (SSSR count). The first kappa shape index (κ1) is 27.4. The molecule has 1 saturated carbocycles. The first-order chi connectivity index (χ1) is 19.3. The Kier molecular flexibility index (Phi) is 6.27. The fourth-order valence-electron chi connectivity index (χ4n) is 7.37. The Hall–Kier alpha value is -3.77. The number of hydrogen-bond donors (Lipinski definition) is 6. The minimum Gasteiger partial charge on any atom is -0.508 e. The normalized spacial score (nSPS) is 30.2. The van der Waals surface area contributed by atoms with Gasteiger partial charge in [-0.25, -0.2) is 0 Å². The largest absolute Gasteiger partial charge is 0.508 e. The average molecular weight is 564 g/mol. The first-order valence-corrected chi connectivity index (χ1v) is 13.7. The molecule has 3 aliphatic carbocycles. The van der Waals surface area contributed by atoms with Gasteiger partial charge >= 0.3 is 0 Å². The highest BCUT2D eigenvalue weighted by molar-refractivity contribution is 6.24. The number of nitrogens with two attached hydrogens (primary N) is 1. The van der Waals surface area contributed by atoms with Crippen molar-refractivity contribution >= 4 is 34.0 Å². The maximum absolute atomic E-state index is 14.0. The van der Waals surface area contributed by atoms with Gasteiger partial charge in [-0.15, -0.1) is 0 Å². The molecule has 1 amide bonds. The topological polar surface area (TPSA) is 185 Å². The molecule has 216 valence electrons.